The zero-order chi connectivity index (χ0) is 18.5. The number of benzene rings is 2. The molecule has 4 saturated carbocycles. The summed E-state index contributed by atoms with van der Waals surface area (Å²) in [5.74, 6) is 0. The number of hydrogen-bond acceptors (Lipinski definition) is 0. The van der Waals surface area contributed by atoms with E-state index in [1.807, 2.05) is 10.6 Å². The maximum atomic E-state index is 2.66. The van der Waals surface area contributed by atoms with Crippen molar-refractivity contribution < 1.29 is 0 Å². The van der Waals surface area contributed by atoms with E-state index in [2.05, 4.69) is 36.4 Å². The molecule has 0 N–H and O–H groups in total. The number of rotatable bonds is 6. The first-order valence-corrected chi connectivity index (χ1v) is 14.9. The summed E-state index contributed by atoms with van der Waals surface area (Å²) in [6.07, 6.45) is 18.2. The van der Waals surface area contributed by atoms with Gasteiger partial charge in [-0.3, -0.25) is 0 Å². The van der Waals surface area contributed by atoms with Crippen molar-refractivity contribution in [1.82, 2.24) is 0 Å². The Balaban J connectivity index is 1.52. The van der Waals surface area contributed by atoms with Crippen molar-refractivity contribution in [1.29, 1.82) is 0 Å². The molecule has 2 heteroatoms. The van der Waals surface area contributed by atoms with Crippen molar-refractivity contribution in [2.45, 2.75) is 99.7 Å². The van der Waals surface area contributed by atoms with Gasteiger partial charge in [0.1, 0.15) is 0 Å². The molecule has 0 spiro atoms. The summed E-state index contributed by atoms with van der Waals surface area (Å²) in [5, 5.41) is 7.03. The second-order valence-corrected chi connectivity index (χ2v) is 15.3. The molecule has 0 radical (unpaired) electrons. The molecule has 2 aromatic carbocycles. The van der Waals surface area contributed by atoms with Gasteiger partial charge in [0.15, 0.2) is 0 Å². The standard InChI is InChI=1S/C26H34P2/c1-2-16-24-19(7-1)17-18-25(27(20-8-3-9-20)21-10-4-11-21)26(24)28(22-12-5-13-22)23-14-6-15-23/h1-2,7,16-18,20-23H,3-6,8-15H2. The molecule has 0 amide bonds. The first-order chi connectivity index (χ1) is 13.9. The number of fused-ring (bicyclic) bond motifs is 1. The zero-order valence-electron chi connectivity index (χ0n) is 17.2. The molecule has 2 aromatic rings. The summed E-state index contributed by atoms with van der Waals surface area (Å²) in [6.45, 7) is 0. The molecule has 4 aliphatic carbocycles. The molecule has 0 atom stereocenters. The molecule has 4 aliphatic rings. The average molecular weight is 409 g/mol. The smallest absolute Gasteiger partial charge is 0.00801 e. The van der Waals surface area contributed by atoms with Crippen LogP contribution in [0.25, 0.3) is 10.8 Å². The lowest BCUT2D eigenvalue weighted by Crippen LogP contribution is -2.40. The Morgan fingerprint density at radius 2 is 1.04 bits per heavy atom. The molecule has 0 nitrogen and oxygen atoms in total. The van der Waals surface area contributed by atoms with Crippen molar-refractivity contribution in [2.75, 3.05) is 0 Å². The molecular weight excluding hydrogens is 374 g/mol. The van der Waals surface area contributed by atoms with Gasteiger partial charge >= 0.3 is 0 Å². The van der Waals surface area contributed by atoms with E-state index in [1.54, 1.807) is 5.39 Å². The third-order valence-corrected chi connectivity index (χ3v) is 15.6. The molecule has 0 saturated heterocycles. The summed E-state index contributed by atoms with van der Waals surface area (Å²) in [4.78, 5) is 0. The lowest BCUT2D eigenvalue weighted by atomic mass is 9.99. The highest BCUT2D eigenvalue weighted by molar-refractivity contribution is 7.73. The molecule has 28 heavy (non-hydrogen) atoms. The SMILES string of the molecule is c1ccc2c(P(C3CCC3)C3CCC3)c(P(C3CCC3)C3CCC3)ccc2c1. The van der Waals surface area contributed by atoms with Crippen LogP contribution in [-0.4, -0.2) is 22.6 Å². The Morgan fingerprint density at radius 3 is 1.54 bits per heavy atom. The van der Waals surface area contributed by atoms with Crippen molar-refractivity contribution in [3.63, 3.8) is 0 Å². The molecule has 0 aromatic heterocycles. The topological polar surface area (TPSA) is 0 Å². The maximum Gasteiger partial charge on any atom is -0.00801 e. The fourth-order valence-corrected chi connectivity index (χ4v) is 14.3. The van der Waals surface area contributed by atoms with E-state index in [9.17, 15) is 0 Å². The van der Waals surface area contributed by atoms with Crippen molar-refractivity contribution in [3.8, 4) is 0 Å². The van der Waals surface area contributed by atoms with Crippen LogP contribution in [0.15, 0.2) is 36.4 Å². The molecule has 0 unspecified atom stereocenters. The quantitative estimate of drug-likeness (QED) is 0.441. The van der Waals surface area contributed by atoms with Gasteiger partial charge in [0.05, 0.1) is 0 Å². The average Bonchev–Trinajstić information content (AvgIpc) is 2.53. The minimum atomic E-state index is 0.0470. The molecule has 0 bridgehead atoms. The molecular formula is C26H34P2. The van der Waals surface area contributed by atoms with Gasteiger partial charge in [-0.25, -0.2) is 0 Å². The summed E-state index contributed by atoms with van der Waals surface area (Å²) in [7, 11) is 0.121. The summed E-state index contributed by atoms with van der Waals surface area (Å²) >= 11 is 0. The van der Waals surface area contributed by atoms with Gasteiger partial charge in [0.25, 0.3) is 0 Å². The Hall–Kier alpha value is -0.440. The largest absolute Gasteiger partial charge is 0.0682 e. The van der Waals surface area contributed by atoms with Gasteiger partial charge in [-0.2, -0.15) is 0 Å². The lowest BCUT2D eigenvalue weighted by molar-refractivity contribution is 0.478. The molecule has 148 valence electrons. The highest BCUT2D eigenvalue weighted by atomic mass is 31.1. The van der Waals surface area contributed by atoms with Crippen LogP contribution in [0.5, 0.6) is 0 Å². The molecule has 6 rings (SSSR count). The third kappa shape index (κ3) is 3.01. The fraction of sp³-hybridized carbons (Fsp3) is 0.615. The summed E-state index contributed by atoms with van der Waals surface area (Å²) < 4.78 is 0. The Kier molecular flexibility index (Phi) is 5.02. The second kappa shape index (κ2) is 7.67. The summed E-state index contributed by atoms with van der Waals surface area (Å²) in [5.41, 5.74) is 4.20. The van der Waals surface area contributed by atoms with Crippen LogP contribution in [0.3, 0.4) is 0 Å². The van der Waals surface area contributed by atoms with E-state index in [0.717, 1.165) is 22.6 Å². The second-order valence-electron chi connectivity index (χ2n) is 9.81. The van der Waals surface area contributed by atoms with E-state index in [1.165, 1.54) is 82.4 Å². The van der Waals surface area contributed by atoms with Gasteiger partial charge in [0, 0.05) is 0 Å². The van der Waals surface area contributed by atoms with E-state index in [-0.39, 0.29) is 15.8 Å². The molecule has 0 aliphatic heterocycles. The molecule has 0 heterocycles. The van der Waals surface area contributed by atoms with Crippen molar-refractivity contribution in [2.24, 2.45) is 0 Å². The van der Waals surface area contributed by atoms with Crippen LogP contribution in [0, 0.1) is 0 Å². The summed E-state index contributed by atoms with van der Waals surface area (Å²) in [6, 6.07) is 14.6. The van der Waals surface area contributed by atoms with E-state index < -0.39 is 0 Å². The van der Waals surface area contributed by atoms with Gasteiger partial charge in [-0.05, 0) is 95.4 Å². The van der Waals surface area contributed by atoms with Crippen LogP contribution in [-0.2, 0) is 0 Å². The van der Waals surface area contributed by atoms with Crippen LogP contribution >= 0.6 is 15.8 Å². The minimum absolute atomic E-state index is 0.0470. The maximum absolute atomic E-state index is 2.66. The molecule has 4 fully saturated rings. The predicted octanol–water partition coefficient (Wildman–Crippen LogP) is 7.26. The highest BCUT2D eigenvalue weighted by Gasteiger charge is 2.43. The first kappa shape index (κ1) is 18.3. The highest BCUT2D eigenvalue weighted by Crippen LogP contribution is 2.63. The van der Waals surface area contributed by atoms with E-state index in [4.69, 9.17) is 0 Å². The fourth-order valence-electron chi connectivity index (χ4n) is 5.74. The van der Waals surface area contributed by atoms with Gasteiger partial charge in [-0.1, -0.05) is 77.9 Å². The van der Waals surface area contributed by atoms with E-state index in [0.29, 0.717) is 0 Å². The Morgan fingerprint density at radius 1 is 0.536 bits per heavy atom. The van der Waals surface area contributed by atoms with Gasteiger partial charge < -0.3 is 0 Å². The third-order valence-electron chi connectivity index (χ3n) is 8.29. The van der Waals surface area contributed by atoms with Crippen LogP contribution in [0.2, 0.25) is 0 Å². The Bertz CT molecular complexity index is 815. The lowest BCUT2D eigenvalue weighted by Gasteiger charge is -2.48. The van der Waals surface area contributed by atoms with Crippen LogP contribution < -0.4 is 10.6 Å². The van der Waals surface area contributed by atoms with Crippen molar-refractivity contribution in [3.05, 3.63) is 36.4 Å². The monoisotopic (exact) mass is 408 g/mol. The van der Waals surface area contributed by atoms with E-state index >= 15 is 0 Å². The predicted molar refractivity (Wildman–Crippen MR) is 128 cm³/mol. The normalized spacial score (nSPS) is 24.2. The zero-order valence-corrected chi connectivity index (χ0v) is 18.9. The van der Waals surface area contributed by atoms with Gasteiger partial charge in [-0.15, -0.1) is 0 Å². The van der Waals surface area contributed by atoms with Crippen LogP contribution in [0.4, 0.5) is 0 Å². The Labute approximate surface area is 173 Å². The van der Waals surface area contributed by atoms with Crippen molar-refractivity contribution >= 4 is 37.2 Å². The van der Waals surface area contributed by atoms with Crippen LogP contribution in [0.1, 0.15) is 77.0 Å². The first-order valence-electron chi connectivity index (χ1n) is 12.0. The minimum Gasteiger partial charge on any atom is -0.0682 e. The van der Waals surface area contributed by atoms with Gasteiger partial charge in [0.2, 0.25) is 0 Å². The number of hydrogen-bond donors (Lipinski definition) is 0.